The fourth-order valence-electron chi connectivity index (χ4n) is 2.75. The van der Waals surface area contributed by atoms with Gasteiger partial charge >= 0.3 is 0 Å². The lowest BCUT2D eigenvalue weighted by Gasteiger charge is -2.29. The maximum absolute atomic E-state index is 9.28. The number of nitrogens with zero attached hydrogens (tertiary/aromatic N) is 1. The summed E-state index contributed by atoms with van der Waals surface area (Å²) in [6.07, 6.45) is 0.501. The number of aliphatic hydroxyl groups is 1. The van der Waals surface area contributed by atoms with Gasteiger partial charge in [-0.05, 0) is 23.5 Å². The lowest BCUT2D eigenvalue weighted by atomic mass is 9.90. The molecule has 22 heavy (non-hydrogen) atoms. The van der Waals surface area contributed by atoms with E-state index in [1.165, 1.54) is 11.1 Å². The molecule has 0 heterocycles. The van der Waals surface area contributed by atoms with Crippen LogP contribution in [0.2, 0.25) is 0 Å². The molecule has 0 saturated carbocycles. The predicted octanol–water partition coefficient (Wildman–Crippen LogP) is 2.87. The molecule has 114 valence electrons. The second kappa shape index (κ2) is 8.77. The van der Waals surface area contributed by atoms with E-state index < -0.39 is 0 Å². The number of hydrogen-bond acceptors (Lipinski definition) is 2. The van der Waals surface area contributed by atoms with Crippen molar-refractivity contribution in [1.29, 1.82) is 0 Å². The Hall–Kier alpha value is -1.58. The molecule has 0 aliphatic carbocycles. The second-order valence-corrected chi connectivity index (χ2v) is 5.88. The Morgan fingerprint density at radius 2 is 1.41 bits per heavy atom. The summed E-state index contributed by atoms with van der Waals surface area (Å²) in [5.41, 5.74) is 2.59. The van der Waals surface area contributed by atoms with E-state index >= 15 is 0 Å². The third kappa shape index (κ3) is 4.72. The van der Waals surface area contributed by atoms with Crippen LogP contribution in [-0.2, 0) is 0 Å². The highest BCUT2D eigenvalue weighted by Gasteiger charge is 2.18. The Morgan fingerprint density at radius 1 is 0.909 bits per heavy atom. The van der Waals surface area contributed by atoms with Crippen molar-refractivity contribution in [2.45, 2.75) is 12.8 Å². The fourth-order valence-corrected chi connectivity index (χ4v) is 2.75. The van der Waals surface area contributed by atoms with Gasteiger partial charge in [-0.1, -0.05) is 67.6 Å². The minimum atomic E-state index is 0.192. The summed E-state index contributed by atoms with van der Waals surface area (Å²) in [6, 6.07) is 21.1. The second-order valence-electron chi connectivity index (χ2n) is 5.88. The predicted molar refractivity (Wildman–Crippen MR) is 93.2 cm³/mol. The largest absolute Gasteiger partial charge is 0.396 e. The average molecular weight is 293 g/mol. The van der Waals surface area contributed by atoms with Gasteiger partial charge in [-0.2, -0.15) is 0 Å². The lowest BCUT2D eigenvalue weighted by molar-refractivity contribution is 0.184. The minimum absolute atomic E-state index is 0.192. The van der Waals surface area contributed by atoms with E-state index in [0.29, 0.717) is 6.44 Å². The molecule has 0 amide bonds. The quantitative estimate of drug-likeness (QED) is 0.757. The number of rotatable bonds is 8. The first-order valence-electron chi connectivity index (χ1n) is 7.87. The molecule has 1 atom stereocenters. The smallest absolute Gasteiger partial charge is 0.0863 e. The monoisotopic (exact) mass is 293 g/mol. The topological polar surface area (TPSA) is 23.5 Å². The Morgan fingerprint density at radius 3 is 1.82 bits per heavy atom. The van der Waals surface area contributed by atoms with Gasteiger partial charge in [0.05, 0.1) is 7.85 Å². The summed E-state index contributed by atoms with van der Waals surface area (Å²) in [5.74, 6) is 0.521. The van der Waals surface area contributed by atoms with Crippen molar-refractivity contribution in [3.05, 3.63) is 71.8 Å². The highest BCUT2D eigenvalue weighted by molar-refractivity contribution is 6.08. The Labute approximate surface area is 135 Å². The molecule has 2 nitrogen and oxygen atoms in total. The molecule has 2 radical (unpaired) electrons. The van der Waals surface area contributed by atoms with Crippen LogP contribution in [0.5, 0.6) is 0 Å². The molecule has 2 aromatic carbocycles. The van der Waals surface area contributed by atoms with Crippen molar-refractivity contribution in [3.8, 4) is 0 Å². The number of benzene rings is 2. The molecule has 0 saturated heterocycles. The van der Waals surface area contributed by atoms with Gasteiger partial charge in [0.15, 0.2) is 0 Å². The third-order valence-corrected chi connectivity index (χ3v) is 3.98. The molecular weight excluding hydrogens is 269 g/mol. The van der Waals surface area contributed by atoms with Gasteiger partial charge < -0.3 is 10.0 Å². The van der Waals surface area contributed by atoms with Crippen LogP contribution in [0, 0.1) is 5.92 Å². The van der Waals surface area contributed by atoms with E-state index in [2.05, 4.69) is 53.4 Å². The van der Waals surface area contributed by atoms with Crippen LogP contribution in [-0.4, -0.2) is 44.0 Å². The van der Waals surface area contributed by atoms with Gasteiger partial charge in [0, 0.05) is 25.6 Å². The molecule has 0 aliphatic heterocycles. The highest BCUT2D eigenvalue weighted by atomic mass is 16.3. The molecule has 2 aromatic rings. The van der Waals surface area contributed by atoms with Crippen molar-refractivity contribution < 1.29 is 5.11 Å². The summed E-state index contributed by atoms with van der Waals surface area (Å²) in [5, 5.41) is 9.28. The van der Waals surface area contributed by atoms with E-state index in [4.69, 9.17) is 7.85 Å². The summed E-state index contributed by atoms with van der Waals surface area (Å²) in [7, 11) is 5.92. The molecular formula is C19H24BNO. The van der Waals surface area contributed by atoms with Crippen LogP contribution in [0.3, 0.4) is 0 Å². The Kier molecular flexibility index (Phi) is 6.69. The molecule has 1 unspecified atom stereocenters. The zero-order valence-corrected chi connectivity index (χ0v) is 13.2. The number of hydrogen-bond donors (Lipinski definition) is 1. The van der Waals surface area contributed by atoms with Crippen molar-refractivity contribution in [3.63, 3.8) is 0 Å². The Balaban J connectivity index is 2.21. The van der Waals surface area contributed by atoms with Crippen LogP contribution >= 0.6 is 0 Å². The fraction of sp³-hybridized carbons (Fsp3) is 0.368. The summed E-state index contributed by atoms with van der Waals surface area (Å²) in [4.78, 5) is 2.21. The first-order chi connectivity index (χ1) is 10.7. The van der Waals surface area contributed by atoms with Gasteiger partial charge in [-0.3, -0.25) is 0 Å². The van der Waals surface area contributed by atoms with Crippen LogP contribution < -0.4 is 0 Å². The molecule has 3 heteroatoms. The normalized spacial score (nSPS) is 12.7. The summed E-state index contributed by atoms with van der Waals surface area (Å²) >= 11 is 0. The number of aliphatic hydroxyl groups excluding tert-OH is 1. The molecule has 1 N–H and O–H groups in total. The minimum Gasteiger partial charge on any atom is -0.396 e. The van der Waals surface area contributed by atoms with Gasteiger partial charge in [-0.15, -0.1) is 0 Å². The van der Waals surface area contributed by atoms with Gasteiger partial charge in [-0.25, -0.2) is 0 Å². The van der Waals surface area contributed by atoms with Crippen LogP contribution in [0.4, 0.5) is 0 Å². The lowest BCUT2D eigenvalue weighted by Crippen LogP contribution is -2.35. The van der Waals surface area contributed by atoms with E-state index in [0.717, 1.165) is 13.1 Å². The van der Waals surface area contributed by atoms with Crippen LogP contribution in [0.1, 0.15) is 24.0 Å². The first kappa shape index (κ1) is 16.8. The third-order valence-electron chi connectivity index (χ3n) is 3.98. The Bertz CT molecular complexity index is 492. The van der Waals surface area contributed by atoms with Crippen molar-refractivity contribution >= 4 is 7.85 Å². The first-order valence-corrected chi connectivity index (χ1v) is 7.87. The molecule has 0 aromatic heterocycles. The van der Waals surface area contributed by atoms with E-state index in [9.17, 15) is 5.11 Å². The van der Waals surface area contributed by atoms with E-state index in [1.807, 2.05) is 19.1 Å². The molecule has 0 bridgehead atoms. The summed E-state index contributed by atoms with van der Waals surface area (Å²) < 4.78 is 0. The maximum atomic E-state index is 9.28. The highest BCUT2D eigenvalue weighted by Crippen LogP contribution is 2.25. The van der Waals surface area contributed by atoms with Crippen LogP contribution in [0.15, 0.2) is 60.7 Å². The molecule has 0 spiro atoms. The van der Waals surface area contributed by atoms with Gasteiger partial charge in [0.2, 0.25) is 0 Å². The SMILES string of the molecule is [B]CN(CC(C)CO)CC(c1ccccc1)c1ccccc1. The van der Waals surface area contributed by atoms with Crippen LogP contribution in [0.25, 0.3) is 0 Å². The molecule has 0 fully saturated rings. The zero-order chi connectivity index (χ0) is 15.8. The van der Waals surface area contributed by atoms with Crippen molar-refractivity contribution in [1.82, 2.24) is 4.90 Å². The van der Waals surface area contributed by atoms with Crippen molar-refractivity contribution in [2.24, 2.45) is 5.92 Å². The van der Waals surface area contributed by atoms with Gasteiger partial charge in [0.1, 0.15) is 0 Å². The summed E-state index contributed by atoms with van der Waals surface area (Å²) in [6.45, 7) is 3.90. The zero-order valence-electron chi connectivity index (χ0n) is 13.2. The standard InChI is InChI=1S/C19H24BNO/c1-16(14-22)12-21(15-20)13-19(17-8-4-2-5-9-17)18-10-6-3-7-11-18/h2-11,16,19,22H,12-15H2,1H3. The molecule has 2 rings (SSSR count). The van der Waals surface area contributed by atoms with Crippen molar-refractivity contribution in [2.75, 3.05) is 26.1 Å². The molecule has 0 aliphatic rings. The maximum Gasteiger partial charge on any atom is 0.0863 e. The van der Waals surface area contributed by atoms with E-state index in [1.54, 1.807) is 0 Å². The van der Waals surface area contributed by atoms with Gasteiger partial charge in [0.25, 0.3) is 0 Å². The average Bonchev–Trinajstić information content (AvgIpc) is 2.59. The van der Waals surface area contributed by atoms with E-state index in [-0.39, 0.29) is 18.4 Å².